The van der Waals surface area contributed by atoms with Gasteiger partial charge in [-0.05, 0) is 49.9 Å². The topological polar surface area (TPSA) is 70.5 Å². The quantitative estimate of drug-likeness (QED) is 0.140. The van der Waals surface area contributed by atoms with Gasteiger partial charge in [0.2, 0.25) is 0 Å². The second-order valence-electron chi connectivity index (χ2n) is 8.28. The molecule has 0 fully saturated rings. The Balaban J connectivity index is 1.66. The zero-order valence-electron chi connectivity index (χ0n) is 20.4. The van der Waals surface area contributed by atoms with Crippen LogP contribution in [0.1, 0.15) is 84.5 Å². The molecular formula is C27H40N2O4. The molecule has 2 aromatic rings. The van der Waals surface area contributed by atoms with Gasteiger partial charge in [-0.25, -0.2) is 9.97 Å². The molecule has 0 radical (unpaired) electrons. The van der Waals surface area contributed by atoms with Crippen molar-refractivity contribution < 1.29 is 19.0 Å². The lowest BCUT2D eigenvalue weighted by atomic mass is 10.1. The maximum Gasteiger partial charge on any atom is 0.311 e. The van der Waals surface area contributed by atoms with Crippen molar-refractivity contribution in [3.63, 3.8) is 0 Å². The van der Waals surface area contributed by atoms with E-state index in [0.29, 0.717) is 30.4 Å². The number of hydrogen-bond acceptors (Lipinski definition) is 6. The lowest BCUT2D eigenvalue weighted by molar-refractivity contribution is -0.134. The van der Waals surface area contributed by atoms with Gasteiger partial charge in [0.15, 0.2) is 11.6 Å². The summed E-state index contributed by atoms with van der Waals surface area (Å²) in [5.74, 6) is 1.64. The Morgan fingerprint density at radius 1 is 0.727 bits per heavy atom. The molecule has 0 unspecified atom stereocenters. The van der Waals surface area contributed by atoms with E-state index in [-0.39, 0.29) is 5.97 Å². The van der Waals surface area contributed by atoms with Gasteiger partial charge in [0.1, 0.15) is 5.75 Å². The first kappa shape index (κ1) is 26.8. The second-order valence-corrected chi connectivity index (χ2v) is 8.28. The minimum absolute atomic E-state index is 0.175. The number of ether oxygens (including phenoxy) is 3. The van der Waals surface area contributed by atoms with Crippen molar-refractivity contribution in [2.24, 2.45) is 0 Å². The summed E-state index contributed by atoms with van der Waals surface area (Å²) in [5, 5.41) is 0. The van der Waals surface area contributed by atoms with Gasteiger partial charge in [0, 0.05) is 25.2 Å². The average Bonchev–Trinajstić information content (AvgIpc) is 2.84. The van der Waals surface area contributed by atoms with Crippen molar-refractivity contribution in [2.45, 2.75) is 84.5 Å². The van der Waals surface area contributed by atoms with E-state index in [9.17, 15) is 4.79 Å². The minimum atomic E-state index is -0.175. The Morgan fingerprint density at radius 2 is 1.39 bits per heavy atom. The van der Waals surface area contributed by atoms with Gasteiger partial charge < -0.3 is 14.2 Å². The maximum absolute atomic E-state index is 12.0. The Bertz CT molecular complexity index is 763. The normalized spacial score (nSPS) is 10.8. The van der Waals surface area contributed by atoms with E-state index >= 15 is 0 Å². The highest BCUT2D eigenvalue weighted by Gasteiger charge is 2.07. The summed E-state index contributed by atoms with van der Waals surface area (Å²) in [7, 11) is 0. The van der Waals surface area contributed by atoms with E-state index in [2.05, 4.69) is 23.8 Å². The predicted molar refractivity (Wildman–Crippen MR) is 132 cm³/mol. The van der Waals surface area contributed by atoms with Crippen molar-refractivity contribution in [2.75, 3.05) is 19.8 Å². The fraction of sp³-hybridized carbons (Fsp3) is 0.593. The summed E-state index contributed by atoms with van der Waals surface area (Å²) in [6, 6.07) is 7.30. The van der Waals surface area contributed by atoms with E-state index in [0.717, 1.165) is 50.9 Å². The fourth-order valence-corrected chi connectivity index (χ4v) is 3.36. The van der Waals surface area contributed by atoms with Crippen LogP contribution in [0.2, 0.25) is 0 Å². The zero-order valence-corrected chi connectivity index (χ0v) is 20.4. The molecule has 1 aromatic carbocycles. The van der Waals surface area contributed by atoms with E-state index in [1.54, 1.807) is 24.5 Å². The molecule has 6 nitrogen and oxygen atoms in total. The molecule has 2 rings (SSSR count). The van der Waals surface area contributed by atoms with Crippen LogP contribution in [0.5, 0.6) is 11.5 Å². The van der Waals surface area contributed by atoms with E-state index in [1.807, 2.05) is 12.1 Å². The van der Waals surface area contributed by atoms with Gasteiger partial charge in [-0.2, -0.15) is 0 Å². The SMILES string of the molecule is CCCCCCCCCC(=O)Oc1ccc(-c2ncc(OCCCCOCCC)cn2)cc1. The number of unbranched alkanes of at least 4 members (excludes halogenated alkanes) is 7. The number of hydrogen-bond donors (Lipinski definition) is 0. The molecule has 1 heterocycles. The molecule has 0 saturated carbocycles. The highest BCUT2D eigenvalue weighted by Crippen LogP contribution is 2.21. The monoisotopic (exact) mass is 456 g/mol. The largest absolute Gasteiger partial charge is 0.490 e. The van der Waals surface area contributed by atoms with Gasteiger partial charge in [-0.15, -0.1) is 0 Å². The number of aromatic nitrogens is 2. The molecular weight excluding hydrogens is 416 g/mol. The van der Waals surface area contributed by atoms with Crippen LogP contribution in [-0.4, -0.2) is 35.8 Å². The third kappa shape index (κ3) is 11.8. The highest BCUT2D eigenvalue weighted by molar-refractivity contribution is 5.72. The van der Waals surface area contributed by atoms with E-state index in [1.165, 1.54) is 32.1 Å². The minimum Gasteiger partial charge on any atom is -0.490 e. The summed E-state index contributed by atoms with van der Waals surface area (Å²) < 4.78 is 16.6. The molecule has 0 amide bonds. The van der Waals surface area contributed by atoms with Crippen LogP contribution >= 0.6 is 0 Å². The molecule has 33 heavy (non-hydrogen) atoms. The van der Waals surface area contributed by atoms with Gasteiger partial charge in [0.25, 0.3) is 0 Å². The Kier molecular flexibility index (Phi) is 13.8. The second kappa shape index (κ2) is 17.1. The van der Waals surface area contributed by atoms with Crippen molar-refractivity contribution in [1.82, 2.24) is 9.97 Å². The zero-order chi connectivity index (χ0) is 23.6. The molecule has 0 aliphatic rings. The predicted octanol–water partition coefficient (Wildman–Crippen LogP) is 6.78. The van der Waals surface area contributed by atoms with Gasteiger partial charge >= 0.3 is 5.97 Å². The van der Waals surface area contributed by atoms with Gasteiger partial charge in [-0.3, -0.25) is 4.79 Å². The molecule has 1 aromatic heterocycles. The third-order valence-electron chi connectivity index (χ3n) is 5.26. The van der Waals surface area contributed by atoms with Crippen molar-refractivity contribution in [1.29, 1.82) is 0 Å². The van der Waals surface area contributed by atoms with E-state index < -0.39 is 0 Å². The smallest absolute Gasteiger partial charge is 0.311 e. The number of benzene rings is 1. The van der Waals surface area contributed by atoms with E-state index in [4.69, 9.17) is 14.2 Å². The molecule has 0 bridgehead atoms. The van der Waals surface area contributed by atoms with Crippen LogP contribution in [0, 0.1) is 0 Å². The van der Waals surface area contributed by atoms with Gasteiger partial charge in [0.05, 0.1) is 19.0 Å². The molecule has 182 valence electrons. The fourth-order valence-electron chi connectivity index (χ4n) is 3.36. The lowest BCUT2D eigenvalue weighted by Gasteiger charge is -2.07. The average molecular weight is 457 g/mol. The first-order valence-electron chi connectivity index (χ1n) is 12.6. The standard InChI is InChI=1S/C27H40N2O4/c1-3-5-6-7-8-9-10-13-26(30)33-24-16-14-23(15-17-24)27-28-21-25(22-29-27)32-20-12-11-19-31-18-4-2/h14-17,21-22H,3-13,18-20H2,1-2H3. The summed E-state index contributed by atoms with van der Waals surface area (Å²) in [4.78, 5) is 20.8. The lowest BCUT2D eigenvalue weighted by Crippen LogP contribution is -2.07. The summed E-state index contributed by atoms with van der Waals surface area (Å²) >= 11 is 0. The maximum atomic E-state index is 12.0. The molecule has 6 heteroatoms. The van der Waals surface area contributed by atoms with Gasteiger partial charge in [-0.1, -0.05) is 52.4 Å². The van der Waals surface area contributed by atoms with Crippen molar-refractivity contribution in [3.05, 3.63) is 36.7 Å². The highest BCUT2D eigenvalue weighted by atomic mass is 16.5. The number of nitrogens with zero attached hydrogens (tertiary/aromatic N) is 2. The molecule has 0 aliphatic heterocycles. The number of rotatable bonds is 18. The number of carbonyl (C=O) groups is 1. The third-order valence-corrected chi connectivity index (χ3v) is 5.26. The Morgan fingerprint density at radius 3 is 2.09 bits per heavy atom. The summed E-state index contributed by atoms with van der Waals surface area (Å²) in [5.41, 5.74) is 0.863. The molecule has 0 spiro atoms. The summed E-state index contributed by atoms with van der Waals surface area (Å²) in [6.07, 6.45) is 15.1. The van der Waals surface area contributed by atoms with Crippen molar-refractivity contribution >= 4 is 5.97 Å². The number of carbonyl (C=O) groups excluding carboxylic acids is 1. The Hall–Kier alpha value is -2.47. The van der Waals surface area contributed by atoms with Crippen molar-refractivity contribution in [3.8, 4) is 22.9 Å². The van der Waals surface area contributed by atoms with Crippen LogP contribution < -0.4 is 9.47 Å². The van der Waals surface area contributed by atoms with Crippen LogP contribution in [0.3, 0.4) is 0 Å². The number of esters is 1. The van der Waals surface area contributed by atoms with Crippen LogP contribution in [0.15, 0.2) is 36.7 Å². The van der Waals surface area contributed by atoms with Crippen LogP contribution in [-0.2, 0) is 9.53 Å². The summed E-state index contributed by atoms with van der Waals surface area (Å²) in [6.45, 7) is 6.54. The molecule has 0 N–H and O–H groups in total. The molecule has 0 atom stereocenters. The van der Waals surface area contributed by atoms with Crippen LogP contribution in [0.25, 0.3) is 11.4 Å². The first-order chi connectivity index (χ1) is 16.2. The Labute approximate surface area is 199 Å². The molecule has 0 aliphatic carbocycles. The first-order valence-corrected chi connectivity index (χ1v) is 12.6. The molecule has 0 saturated heterocycles. The van der Waals surface area contributed by atoms with Crippen LogP contribution in [0.4, 0.5) is 0 Å².